The van der Waals surface area contributed by atoms with Gasteiger partial charge in [-0.1, -0.05) is 90.0 Å². The lowest BCUT2D eigenvalue weighted by molar-refractivity contribution is 0.682. The Labute approximate surface area is 168 Å². The quantitative estimate of drug-likeness (QED) is 0.445. The molecule has 1 heteroatoms. The summed E-state index contributed by atoms with van der Waals surface area (Å²) in [6.45, 7) is 6.54. The second kappa shape index (κ2) is 7.52. The molecule has 140 valence electrons. The first-order valence-electron chi connectivity index (χ1n) is 9.92. The van der Waals surface area contributed by atoms with Gasteiger partial charge in [-0.3, -0.25) is 0 Å². The van der Waals surface area contributed by atoms with Crippen molar-refractivity contribution in [2.45, 2.75) is 32.2 Å². The Hall–Kier alpha value is -3.06. The zero-order valence-electron chi connectivity index (χ0n) is 16.8. The highest BCUT2D eigenvalue weighted by atomic mass is 15.2. The fourth-order valence-corrected chi connectivity index (χ4v) is 3.86. The molecule has 0 aliphatic heterocycles. The van der Waals surface area contributed by atoms with Crippen LogP contribution in [0.2, 0.25) is 0 Å². The molecule has 1 aliphatic rings. The van der Waals surface area contributed by atoms with Crippen LogP contribution in [0.15, 0.2) is 103 Å². The number of hydrogen-bond donors (Lipinski definition) is 0. The highest BCUT2D eigenvalue weighted by Crippen LogP contribution is 2.38. The molecule has 1 aliphatic carbocycles. The van der Waals surface area contributed by atoms with Crippen molar-refractivity contribution in [3.05, 3.63) is 120 Å². The van der Waals surface area contributed by atoms with E-state index in [0.29, 0.717) is 5.92 Å². The number of anilines is 2. The van der Waals surface area contributed by atoms with Gasteiger partial charge in [-0.2, -0.15) is 0 Å². The third kappa shape index (κ3) is 3.66. The van der Waals surface area contributed by atoms with Gasteiger partial charge in [0.15, 0.2) is 0 Å². The minimum Gasteiger partial charge on any atom is -0.329 e. The van der Waals surface area contributed by atoms with Gasteiger partial charge < -0.3 is 4.90 Å². The Kier molecular flexibility index (Phi) is 4.92. The van der Waals surface area contributed by atoms with Crippen molar-refractivity contribution >= 4 is 11.4 Å². The average molecular weight is 366 g/mol. The summed E-state index contributed by atoms with van der Waals surface area (Å²) in [5.41, 5.74) is 6.05. The first-order chi connectivity index (χ1) is 13.5. The van der Waals surface area contributed by atoms with Gasteiger partial charge in [-0.05, 0) is 50.6 Å². The molecule has 3 aromatic rings. The lowest BCUT2D eigenvalue weighted by atomic mass is 9.85. The monoisotopic (exact) mass is 365 g/mol. The number of aryl methyl sites for hydroxylation is 2. The fourth-order valence-electron chi connectivity index (χ4n) is 3.86. The van der Waals surface area contributed by atoms with Gasteiger partial charge in [-0.15, -0.1) is 0 Å². The van der Waals surface area contributed by atoms with Crippen molar-refractivity contribution in [2.75, 3.05) is 4.90 Å². The Morgan fingerprint density at radius 3 is 1.57 bits per heavy atom. The summed E-state index contributed by atoms with van der Waals surface area (Å²) in [7, 11) is 0. The van der Waals surface area contributed by atoms with E-state index >= 15 is 0 Å². The standard InChI is InChI=1S/C27H27N/c1-21-9-13-25(14-10-21)28(26-15-11-22(2)12-16-26)27(3)19-17-24(18-20-27)23-7-5-4-6-8-23/h4-20,24H,1-3H3. The maximum atomic E-state index is 2.42. The predicted octanol–water partition coefficient (Wildman–Crippen LogP) is 7.11. The Bertz CT molecular complexity index is 919. The van der Waals surface area contributed by atoms with Crippen LogP contribution in [0.4, 0.5) is 11.4 Å². The second-order valence-electron chi connectivity index (χ2n) is 7.89. The molecule has 0 unspecified atom stereocenters. The van der Waals surface area contributed by atoms with E-state index in [1.165, 1.54) is 28.1 Å². The van der Waals surface area contributed by atoms with Gasteiger partial charge in [0.25, 0.3) is 0 Å². The van der Waals surface area contributed by atoms with E-state index in [0.717, 1.165) is 0 Å². The van der Waals surface area contributed by atoms with E-state index in [9.17, 15) is 0 Å². The SMILES string of the molecule is Cc1ccc(N(c2ccc(C)cc2)C2(C)C=CC(c3ccccc3)C=C2)cc1. The Morgan fingerprint density at radius 2 is 1.11 bits per heavy atom. The molecule has 0 fully saturated rings. The summed E-state index contributed by atoms with van der Waals surface area (Å²) in [5, 5.41) is 0. The number of benzene rings is 3. The number of rotatable bonds is 4. The summed E-state index contributed by atoms with van der Waals surface area (Å²) in [4.78, 5) is 2.42. The highest BCUT2D eigenvalue weighted by Gasteiger charge is 2.31. The second-order valence-corrected chi connectivity index (χ2v) is 7.89. The number of allylic oxidation sites excluding steroid dienone is 2. The van der Waals surface area contributed by atoms with Crippen LogP contribution in [0.25, 0.3) is 0 Å². The maximum Gasteiger partial charge on any atom is 0.0789 e. The zero-order valence-corrected chi connectivity index (χ0v) is 16.8. The molecule has 4 rings (SSSR count). The van der Waals surface area contributed by atoms with Crippen LogP contribution in [0.3, 0.4) is 0 Å². The molecule has 0 heterocycles. The van der Waals surface area contributed by atoms with Crippen LogP contribution in [-0.2, 0) is 0 Å². The van der Waals surface area contributed by atoms with E-state index in [-0.39, 0.29) is 5.54 Å². The van der Waals surface area contributed by atoms with Gasteiger partial charge in [-0.25, -0.2) is 0 Å². The zero-order chi connectivity index (χ0) is 19.6. The average Bonchev–Trinajstić information content (AvgIpc) is 2.72. The van der Waals surface area contributed by atoms with Crippen LogP contribution in [0, 0.1) is 13.8 Å². The molecular weight excluding hydrogens is 338 g/mol. The van der Waals surface area contributed by atoms with E-state index in [2.05, 4.69) is 129 Å². The first-order valence-corrected chi connectivity index (χ1v) is 9.92. The van der Waals surface area contributed by atoms with E-state index in [1.54, 1.807) is 0 Å². The molecule has 0 aromatic heterocycles. The smallest absolute Gasteiger partial charge is 0.0789 e. The summed E-state index contributed by atoms with van der Waals surface area (Å²) in [6, 6.07) is 28.3. The summed E-state index contributed by atoms with van der Waals surface area (Å²) in [6.07, 6.45) is 9.32. The third-order valence-electron chi connectivity index (χ3n) is 5.53. The van der Waals surface area contributed by atoms with Crippen molar-refractivity contribution < 1.29 is 0 Å². The Balaban J connectivity index is 1.73. The first kappa shape index (κ1) is 18.3. The predicted molar refractivity (Wildman–Crippen MR) is 120 cm³/mol. The van der Waals surface area contributed by atoms with Crippen LogP contribution < -0.4 is 4.90 Å². The number of hydrogen-bond acceptors (Lipinski definition) is 1. The summed E-state index contributed by atoms with van der Waals surface area (Å²) in [5.74, 6) is 0.326. The van der Waals surface area contributed by atoms with Crippen LogP contribution in [0.1, 0.15) is 29.5 Å². The number of nitrogens with zero attached hydrogens (tertiary/aromatic N) is 1. The molecule has 28 heavy (non-hydrogen) atoms. The largest absolute Gasteiger partial charge is 0.329 e. The summed E-state index contributed by atoms with van der Waals surface area (Å²) < 4.78 is 0. The van der Waals surface area contributed by atoms with Crippen molar-refractivity contribution in [1.82, 2.24) is 0 Å². The molecule has 0 amide bonds. The molecular formula is C27H27N. The molecule has 0 bridgehead atoms. The van der Waals surface area contributed by atoms with Gasteiger partial charge in [0.2, 0.25) is 0 Å². The molecule has 0 N–H and O–H groups in total. The molecule has 0 atom stereocenters. The lowest BCUT2D eigenvalue weighted by Gasteiger charge is -2.41. The minimum absolute atomic E-state index is 0.226. The molecule has 0 radical (unpaired) electrons. The van der Waals surface area contributed by atoms with E-state index in [1.807, 2.05) is 0 Å². The highest BCUT2D eigenvalue weighted by molar-refractivity contribution is 5.69. The van der Waals surface area contributed by atoms with Gasteiger partial charge in [0.1, 0.15) is 0 Å². The van der Waals surface area contributed by atoms with E-state index < -0.39 is 0 Å². The topological polar surface area (TPSA) is 3.24 Å². The van der Waals surface area contributed by atoms with Crippen LogP contribution in [-0.4, -0.2) is 5.54 Å². The molecule has 3 aromatic carbocycles. The maximum absolute atomic E-state index is 2.42. The van der Waals surface area contributed by atoms with Crippen molar-refractivity contribution in [1.29, 1.82) is 0 Å². The van der Waals surface area contributed by atoms with Gasteiger partial charge >= 0.3 is 0 Å². The normalized spacial score (nSPS) is 20.9. The van der Waals surface area contributed by atoms with Gasteiger partial charge in [0.05, 0.1) is 5.54 Å². The van der Waals surface area contributed by atoms with E-state index in [4.69, 9.17) is 0 Å². The molecule has 0 spiro atoms. The lowest BCUT2D eigenvalue weighted by Crippen LogP contribution is -2.41. The summed E-state index contributed by atoms with van der Waals surface area (Å²) >= 11 is 0. The molecule has 0 saturated carbocycles. The minimum atomic E-state index is -0.226. The van der Waals surface area contributed by atoms with Gasteiger partial charge in [0, 0.05) is 17.3 Å². The Morgan fingerprint density at radius 1 is 0.643 bits per heavy atom. The van der Waals surface area contributed by atoms with Crippen LogP contribution in [0.5, 0.6) is 0 Å². The molecule has 0 saturated heterocycles. The fraction of sp³-hybridized carbons (Fsp3) is 0.185. The van der Waals surface area contributed by atoms with Crippen LogP contribution >= 0.6 is 0 Å². The third-order valence-corrected chi connectivity index (χ3v) is 5.53. The van der Waals surface area contributed by atoms with Crippen molar-refractivity contribution in [2.24, 2.45) is 0 Å². The van der Waals surface area contributed by atoms with Crippen molar-refractivity contribution in [3.8, 4) is 0 Å². The van der Waals surface area contributed by atoms with Crippen molar-refractivity contribution in [3.63, 3.8) is 0 Å². The molecule has 1 nitrogen and oxygen atoms in total.